The van der Waals surface area contributed by atoms with Gasteiger partial charge in [0.25, 0.3) is 0 Å². The largest absolute Gasteiger partial charge is 0.317 e. The molecule has 0 bridgehead atoms. The van der Waals surface area contributed by atoms with Crippen molar-refractivity contribution in [3.05, 3.63) is 0 Å². The van der Waals surface area contributed by atoms with Crippen molar-refractivity contribution in [1.29, 1.82) is 0 Å². The first-order chi connectivity index (χ1) is 7.34. The smallest absolute Gasteiger partial charge is 0.00674 e. The molecule has 90 valence electrons. The van der Waals surface area contributed by atoms with E-state index in [1.165, 1.54) is 64.7 Å². The molecule has 1 heterocycles. The summed E-state index contributed by atoms with van der Waals surface area (Å²) in [4.78, 5) is 2.65. The molecule has 0 aromatic rings. The summed E-state index contributed by atoms with van der Waals surface area (Å²) < 4.78 is 0. The van der Waals surface area contributed by atoms with Gasteiger partial charge in [0, 0.05) is 6.04 Å². The SMILES string of the molecule is CCCNCCCCCN1CCCC1C. The standard InChI is InChI=1S/C13H28N2/c1-3-9-14-10-5-4-6-11-15-12-7-8-13(15)2/h13-14H,3-12H2,1-2H3. The molecule has 0 aromatic heterocycles. The third-order valence-corrected chi connectivity index (χ3v) is 3.42. The number of rotatable bonds is 8. The van der Waals surface area contributed by atoms with Gasteiger partial charge in [0.2, 0.25) is 0 Å². The van der Waals surface area contributed by atoms with E-state index in [1.54, 1.807) is 0 Å². The van der Waals surface area contributed by atoms with Crippen LogP contribution in [0.25, 0.3) is 0 Å². The lowest BCUT2D eigenvalue weighted by Gasteiger charge is -2.20. The second kappa shape index (κ2) is 8.12. The van der Waals surface area contributed by atoms with Gasteiger partial charge < -0.3 is 10.2 Å². The van der Waals surface area contributed by atoms with Crippen LogP contribution in [-0.2, 0) is 0 Å². The maximum Gasteiger partial charge on any atom is 0.00674 e. The van der Waals surface area contributed by atoms with Gasteiger partial charge in [0.1, 0.15) is 0 Å². The molecule has 2 nitrogen and oxygen atoms in total. The summed E-state index contributed by atoms with van der Waals surface area (Å²) in [6.07, 6.45) is 8.21. The average molecular weight is 212 g/mol. The van der Waals surface area contributed by atoms with Crippen LogP contribution in [0.4, 0.5) is 0 Å². The molecule has 1 atom stereocenters. The van der Waals surface area contributed by atoms with Gasteiger partial charge in [-0.1, -0.05) is 13.3 Å². The highest BCUT2D eigenvalue weighted by Crippen LogP contribution is 2.16. The molecule has 0 amide bonds. The molecule has 0 saturated carbocycles. The number of likely N-dealkylation sites (tertiary alicyclic amines) is 1. The first-order valence-corrected chi connectivity index (χ1v) is 6.79. The van der Waals surface area contributed by atoms with E-state index in [4.69, 9.17) is 0 Å². The van der Waals surface area contributed by atoms with E-state index >= 15 is 0 Å². The average Bonchev–Trinajstić information content (AvgIpc) is 2.63. The number of unbranched alkanes of at least 4 members (excludes halogenated alkanes) is 2. The Labute approximate surface area is 95.4 Å². The van der Waals surface area contributed by atoms with Gasteiger partial charge >= 0.3 is 0 Å². The second-order valence-electron chi connectivity index (χ2n) is 4.84. The van der Waals surface area contributed by atoms with Crippen molar-refractivity contribution in [3.63, 3.8) is 0 Å². The third kappa shape index (κ3) is 5.53. The van der Waals surface area contributed by atoms with Gasteiger partial charge in [-0.3, -0.25) is 0 Å². The van der Waals surface area contributed by atoms with E-state index in [1.807, 2.05) is 0 Å². The van der Waals surface area contributed by atoms with E-state index in [2.05, 4.69) is 24.1 Å². The molecule has 0 spiro atoms. The monoisotopic (exact) mass is 212 g/mol. The molecule has 1 saturated heterocycles. The minimum Gasteiger partial charge on any atom is -0.317 e. The van der Waals surface area contributed by atoms with Gasteiger partial charge in [-0.05, 0) is 65.2 Å². The van der Waals surface area contributed by atoms with Crippen LogP contribution in [0, 0.1) is 0 Å². The topological polar surface area (TPSA) is 15.3 Å². The molecule has 0 aliphatic carbocycles. The fourth-order valence-electron chi connectivity index (χ4n) is 2.37. The van der Waals surface area contributed by atoms with E-state index in [0.717, 1.165) is 6.04 Å². The Bertz CT molecular complexity index is 147. The molecule has 1 aliphatic heterocycles. The first-order valence-electron chi connectivity index (χ1n) is 6.79. The van der Waals surface area contributed by atoms with Crippen molar-refractivity contribution in [2.45, 2.75) is 58.4 Å². The lowest BCUT2D eigenvalue weighted by atomic mass is 10.2. The lowest BCUT2D eigenvalue weighted by molar-refractivity contribution is 0.262. The highest BCUT2D eigenvalue weighted by molar-refractivity contribution is 4.74. The lowest BCUT2D eigenvalue weighted by Crippen LogP contribution is -2.27. The van der Waals surface area contributed by atoms with Crippen LogP contribution in [0.1, 0.15) is 52.4 Å². The summed E-state index contributed by atoms with van der Waals surface area (Å²) in [5, 5.41) is 3.46. The van der Waals surface area contributed by atoms with E-state index in [-0.39, 0.29) is 0 Å². The van der Waals surface area contributed by atoms with Gasteiger partial charge in [0.15, 0.2) is 0 Å². The summed E-state index contributed by atoms with van der Waals surface area (Å²) in [7, 11) is 0. The summed E-state index contributed by atoms with van der Waals surface area (Å²) in [6, 6.07) is 0.850. The predicted octanol–water partition coefficient (Wildman–Crippen LogP) is 2.64. The number of nitrogens with zero attached hydrogens (tertiary/aromatic N) is 1. The normalized spacial score (nSPS) is 22.4. The highest BCUT2D eigenvalue weighted by atomic mass is 15.2. The Balaban J connectivity index is 1.84. The predicted molar refractivity (Wildman–Crippen MR) is 67.3 cm³/mol. The fourth-order valence-corrected chi connectivity index (χ4v) is 2.37. The van der Waals surface area contributed by atoms with Crippen molar-refractivity contribution in [2.75, 3.05) is 26.2 Å². The van der Waals surface area contributed by atoms with Gasteiger partial charge in [0.05, 0.1) is 0 Å². The summed E-state index contributed by atoms with van der Waals surface area (Å²) in [5.74, 6) is 0. The highest BCUT2D eigenvalue weighted by Gasteiger charge is 2.18. The Morgan fingerprint density at radius 3 is 2.73 bits per heavy atom. The van der Waals surface area contributed by atoms with Crippen LogP contribution in [0.5, 0.6) is 0 Å². The molecule has 1 aliphatic rings. The number of hydrogen-bond donors (Lipinski definition) is 1. The number of hydrogen-bond acceptors (Lipinski definition) is 2. The Kier molecular flexibility index (Phi) is 7.03. The minimum absolute atomic E-state index is 0.850. The van der Waals surface area contributed by atoms with Crippen LogP contribution >= 0.6 is 0 Å². The van der Waals surface area contributed by atoms with Crippen LogP contribution < -0.4 is 5.32 Å². The Morgan fingerprint density at radius 1 is 1.20 bits per heavy atom. The van der Waals surface area contributed by atoms with Crippen molar-refractivity contribution < 1.29 is 0 Å². The quantitative estimate of drug-likeness (QED) is 0.622. The molecule has 15 heavy (non-hydrogen) atoms. The molecule has 1 unspecified atom stereocenters. The molecular formula is C13H28N2. The summed E-state index contributed by atoms with van der Waals surface area (Å²) >= 11 is 0. The maximum atomic E-state index is 3.46. The van der Waals surface area contributed by atoms with Crippen molar-refractivity contribution >= 4 is 0 Å². The Hall–Kier alpha value is -0.0800. The van der Waals surface area contributed by atoms with Crippen LogP contribution in [0.3, 0.4) is 0 Å². The summed E-state index contributed by atoms with van der Waals surface area (Å²) in [5.41, 5.74) is 0. The van der Waals surface area contributed by atoms with E-state index in [9.17, 15) is 0 Å². The maximum absolute atomic E-state index is 3.46. The van der Waals surface area contributed by atoms with Gasteiger partial charge in [-0.25, -0.2) is 0 Å². The van der Waals surface area contributed by atoms with E-state index in [0.29, 0.717) is 0 Å². The first kappa shape index (κ1) is 13.0. The fraction of sp³-hybridized carbons (Fsp3) is 1.00. The molecular weight excluding hydrogens is 184 g/mol. The Morgan fingerprint density at radius 2 is 2.07 bits per heavy atom. The zero-order chi connectivity index (χ0) is 10.9. The second-order valence-corrected chi connectivity index (χ2v) is 4.84. The minimum atomic E-state index is 0.850. The molecule has 2 heteroatoms. The van der Waals surface area contributed by atoms with Crippen LogP contribution in [0.15, 0.2) is 0 Å². The third-order valence-electron chi connectivity index (χ3n) is 3.42. The number of nitrogens with one attached hydrogen (secondary N) is 1. The summed E-state index contributed by atoms with van der Waals surface area (Å²) in [6.45, 7) is 9.66. The molecule has 1 rings (SSSR count). The van der Waals surface area contributed by atoms with Crippen LogP contribution in [0.2, 0.25) is 0 Å². The van der Waals surface area contributed by atoms with Crippen molar-refractivity contribution in [2.24, 2.45) is 0 Å². The van der Waals surface area contributed by atoms with Crippen molar-refractivity contribution in [3.8, 4) is 0 Å². The molecule has 0 radical (unpaired) electrons. The van der Waals surface area contributed by atoms with Gasteiger partial charge in [-0.15, -0.1) is 0 Å². The van der Waals surface area contributed by atoms with Crippen LogP contribution in [-0.4, -0.2) is 37.1 Å². The van der Waals surface area contributed by atoms with E-state index < -0.39 is 0 Å². The van der Waals surface area contributed by atoms with Gasteiger partial charge in [-0.2, -0.15) is 0 Å². The molecule has 0 aromatic carbocycles. The molecule has 1 fully saturated rings. The molecule has 1 N–H and O–H groups in total. The zero-order valence-electron chi connectivity index (χ0n) is 10.6. The zero-order valence-corrected chi connectivity index (χ0v) is 10.6. The van der Waals surface area contributed by atoms with Crippen molar-refractivity contribution in [1.82, 2.24) is 10.2 Å².